The predicted molar refractivity (Wildman–Crippen MR) is 77.1 cm³/mol. The minimum atomic E-state index is 0.0143. The van der Waals surface area contributed by atoms with Crippen molar-refractivity contribution in [2.24, 2.45) is 0 Å². The molecule has 0 unspecified atom stereocenters. The Bertz CT molecular complexity index is 545. The van der Waals surface area contributed by atoms with E-state index < -0.39 is 0 Å². The maximum Gasteiger partial charge on any atom is 0.187 e. The monoisotopic (exact) mass is 296 g/mol. The SMILES string of the molecule is O=Cc1sc(N(CCO)Cc2ccccc2)nc1Cl. The van der Waals surface area contributed by atoms with Crippen molar-refractivity contribution >= 4 is 34.4 Å². The summed E-state index contributed by atoms with van der Waals surface area (Å²) >= 11 is 7.10. The average molecular weight is 297 g/mol. The highest BCUT2D eigenvalue weighted by Crippen LogP contribution is 2.29. The minimum Gasteiger partial charge on any atom is -0.395 e. The van der Waals surface area contributed by atoms with E-state index in [1.807, 2.05) is 35.2 Å². The first kappa shape index (κ1) is 14.0. The van der Waals surface area contributed by atoms with E-state index in [1.165, 1.54) is 11.3 Å². The number of aliphatic hydroxyl groups is 1. The Hall–Kier alpha value is -1.43. The zero-order chi connectivity index (χ0) is 13.7. The van der Waals surface area contributed by atoms with Crippen molar-refractivity contribution < 1.29 is 9.90 Å². The Labute approximate surface area is 120 Å². The third kappa shape index (κ3) is 3.53. The lowest BCUT2D eigenvalue weighted by molar-refractivity contribution is 0.112. The number of aromatic nitrogens is 1. The predicted octanol–water partition coefficient (Wildman–Crippen LogP) is 2.61. The van der Waals surface area contributed by atoms with Crippen LogP contribution in [0.25, 0.3) is 0 Å². The molecule has 0 bridgehead atoms. The van der Waals surface area contributed by atoms with E-state index in [4.69, 9.17) is 16.7 Å². The van der Waals surface area contributed by atoms with Gasteiger partial charge in [-0.15, -0.1) is 0 Å². The Morgan fingerprint density at radius 1 is 1.37 bits per heavy atom. The van der Waals surface area contributed by atoms with Gasteiger partial charge in [-0.2, -0.15) is 0 Å². The van der Waals surface area contributed by atoms with Gasteiger partial charge in [0.2, 0.25) is 0 Å². The summed E-state index contributed by atoms with van der Waals surface area (Å²) in [7, 11) is 0. The molecule has 1 N–H and O–H groups in total. The average Bonchev–Trinajstić information content (AvgIpc) is 2.81. The van der Waals surface area contributed by atoms with Gasteiger partial charge in [0, 0.05) is 13.1 Å². The Balaban J connectivity index is 2.21. The lowest BCUT2D eigenvalue weighted by Crippen LogP contribution is -2.25. The zero-order valence-electron chi connectivity index (χ0n) is 10.1. The van der Waals surface area contributed by atoms with Crippen LogP contribution in [0.2, 0.25) is 5.15 Å². The summed E-state index contributed by atoms with van der Waals surface area (Å²) in [5.74, 6) is 0. The number of benzene rings is 1. The molecule has 2 rings (SSSR count). The summed E-state index contributed by atoms with van der Waals surface area (Å²) in [5.41, 5.74) is 1.11. The van der Waals surface area contributed by atoms with Gasteiger partial charge in [-0.25, -0.2) is 4.98 Å². The van der Waals surface area contributed by atoms with Crippen molar-refractivity contribution in [1.29, 1.82) is 0 Å². The maximum atomic E-state index is 10.8. The molecule has 0 fully saturated rings. The van der Waals surface area contributed by atoms with Crippen molar-refractivity contribution in [3.63, 3.8) is 0 Å². The Morgan fingerprint density at radius 3 is 2.68 bits per heavy atom. The highest BCUT2D eigenvalue weighted by molar-refractivity contribution is 7.17. The van der Waals surface area contributed by atoms with Gasteiger partial charge >= 0.3 is 0 Å². The van der Waals surface area contributed by atoms with E-state index in [9.17, 15) is 4.79 Å². The van der Waals surface area contributed by atoms with Gasteiger partial charge < -0.3 is 10.0 Å². The summed E-state index contributed by atoms with van der Waals surface area (Å²) in [6.45, 7) is 1.07. The molecule has 100 valence electrons. The maximum absolute atomic E-state index is 10.8. The fraction of sp³-hybridized carbons (Fsp3) is 0.231. The summed E-state index contributed by atoms with van der Waals surface area (Å²) in [4.78, 5) is 17.3. The van der Waals surface area contributed by atoms with Crippen LogP contribution in [-0.4, -0.2) is 29.5 Å². The summed E-state index contributed by atoms with van der Waals surface area (Å²) in [6, 6.07) is 9.86. The minimum absolute atomic E-state index is 0.0143. The number of hydrogen-bond donors (Lipinski definition) is 1. The van der Waals surface area contributed by atoms with Crippen molar-refractivity contribution in [2.75, 3.05) is 18.1 Å². The van der Waals surface area contributed by atoms with Crippen LogP contribution in [0.15, 0.2) is 30.3 Å². The van der Waals surface area contributed by atoms with Crippen LogP contribution in [0, 0.1) is 0 Å². The second kappa shape index (κ2) is 6.65. The van der Waals surface area contributed by atoms with E-state index in [0.717, 1.165) is 5.56 Å². The van der Waals surface area contributed by atoms with E-state index in [1.54, 1.807) is 0 Å². The van der Waals surface area contributed by atoms with E-state index in [-0.39, 0.29) is 11.8 Å². The first-order chi connectivity index (χ1) is 9.24. The van der Waals surface area contributed by atoms with Crippen LogP contribution >= 0.6 is 22.9 Å². The fourth-order valence-corrected chi connectivity index (χ4v) is 2.76. The van der Waals surface area contributed by atoms with Gasteiger partial charge in [-0.1, -0.05) is 53.3 Å². The van der Waals surface area contributed by atoms with E-state index in [0.29, 0.717) is 29.4 Å². The van der Waals surface area contributed by atoms with Gasteiger partial charge in [0.25, 0.3) is 0 Å². The number of nitrogens with zero attached hydrogens (tertiary/aromatic N) is 2. The molecule has 4 nitrogen and oxygen atoms in total. The van der Waals surface area contributed by atoms with Gasteiger partial charge in [-0.3, -0.25) is 4.79 Å². The normalized spacial score (nSPS) is 10.4. The quantitative estimate of drug-likeness (QED) is 0.833. The molecule has 0 aliphatic carbocycles. The molecule has 0 radical (unpaired) electrons. The molecule has 1 aromatic carbocycles. The van der Waals surface area contributed by atoms with Crippen molar-refractivity contribution in [3.8, 4) is 0 Å². The van der Waals surface area contributed by atoms with Crippen molar-refractivity contribution in [3.05, 3.63) is 45.9 Å². The Kier molecular flexibility index (Phi) is 4.90. The summed E-state index contributed by atoms with van der Waals surface area (Å²) in [5, 5.41) is 10.00. The number of anilines is 1. The first-order valence-electron chi connectivity index (χ1n) is 5.76. The molecule has 0 saturated heterocycles. The summed E-state index contributed by atoms with van der Waals surface area (Å²) in [6.07, 6.45) is 0.698. The standard InChI is InChI=1S/C13H13ClN2O2S/c14-12-11(9-18)19-13(15-12)16(6-7-17)8-10-4-2-1-3-5-10/h1-5,9,17H,6-8H2. The van der Waals surface area contributed by atoms with Crippen LogP contribution in [0.4, 0.5) is 5.13 Å². The molecule has 0 spiro atoms. The number of carbonyl (C=O) groups is 1. The van der Waals surface area contributed by atoms with Crippen LogP contribution in [0.3, 0.4) is 0 Å². The van der Waals surface area contributed by atoms with Gasteiger partial charge in [0.1, 0.15) is 4.88 Å². The number of aldehydes is 1. The Morgan fingerprint density at radius 2 is 2.11 bits per heavy atom. The number of thiazole rings is 1. The third-order valence-electron chi connectivity index (χ3n) is 2.56. The molecule has 0 saturated carbocycles. The van der Waals surface area contributed by atoms with Crippen molar-refractivity contribution in [1.82, 2.24) is 4.98 Å². The van der Waals surface area contributed by atoms with Gasteiger partial charge in [-0.05, 0) is 5.56 Å². The molecular formula is C13H13ClN2O2S. The third-order valence-corrected chi connectivity index (χ3v) is 4.00. The molecule has 1 heterocycles. The van der Waals surface area contributed by atoms with Crippen LogP contribution in [0.5, 0.6) is 0 Å². The smallest absolute Gasteiger partial charge is 0.187 e. The lowest BCUT2D eigenvalue weighted by atomic mass is 10.2. The summed E-state index contributed by atoms with van der Waals surface area (Å²) < 4.78 is 0. The van der Waals surface area contributed by atoms with Gasteiger partial charge in [0.15, 0.2) is 16.6 Å². The molecule has 0 aliphatic rings. The van der Waals surface area contributed by atoms with Gasteiger partial charge in [0.05, 0.1) is 6.61 Å². The van der Waals surface area contributed by atoms with E-state index in [2.05, 4.69) is 4.98 Å². The molecule has 0 atom stereocenters. The second-order valence-electron chi connectivity index (χ2n) is 3.90. The van der Waals surface area contributed by atoms with Crippen LogP contribution in [0.1, 0.15) is 15.2 Å². The number of halogens is 1. The lowest BCUT2D eigenvalue weighted by Gasteiger charge is -2.20. The first-order valence-corrected chi connectivity index (χ1v) is 6.95. The molecule has 19 heavy (non-hydrogen) atoms. The number of rotatable bonds is 6. The molecule has 1 aromatic heterocycles. The number of carbonyl (C=O) groups excluding carboxylic acids is 1. The highest BCUT2D eigenvalue weighted by atomic mass is 35.5. The van der Waals surface area contributed by atoms with Crippen LogP contribution in [-0.2, 0) is 6.54 Å². The van der Waals surface area contributed by atoms with Crippen LogP contribution < -0.4 is 4.90 Å². The highest BCUT2D eigenvalue weighted by Gasteiger charge is 2.15. The molecule has 0 aliphatic heterocycles. The zero-order valence-corrected chi connectivity index (χ0v) is 11.7. The molecule has 6 heteroatoms. The largest absolute Gasteiger partial charge is 0.395 e. The molecule has 2 aromatic rings. The fourth-order valence-electron chi connectivity index (χ4n) is 1.68. The van der Waals surface area contributed by atoms with E-state index >= 15 is 0 Å². The number of aliphatic hydroxyl groups excluding tert-OH is 1. The number of hydrogen-bond acceptors (Lipinski definition) is 5. The molecule has 0 amide bonds. The van der Waals surface area contributed by atoms with Crippen molar-refractivity contribution in [2.45, 2.75) is 6.54 Å². The topological polar surface area (TPSA) is 53.4 Å². The molecular weight excluding hydrogens is 284 g/mol. The second-order valence-corrected chi connectivity index (χ2v) is 5.27.